The summed E-state index contributed by atoms with van der Waals surface area (Å²) in [6.45, 7) is 0. The summed E-state index contributed by atoms with van der Waals surface area (Å²) in [5.41, 5.74) is 6.40. The Labute approximate surface area is 354 Å². The number of hydrogen-bond donors (Lipinski definition) is 0. The maximum absolute atomic E-state index is 3.04. The van der Waals surface area contributed by atoms with Crippen LogP contribution in [0.25, 0.3) is 0 Å². The van der Waals surface area contributed by atoms with E-state index in [-0.39, 0.29) is 0 Å². The minimum atomic E-state index is 0.696. The van der Waals surface area contributed by atoms with E-state index in [4.69, 9.17) is 0 Å². The predicted molar refractivity (Wildman–Crippen MR) is 244 cm³/mol. The summed E-state index contributed by atoms with van der Waals surface area (Å²) in [5, 5.41) is 0. The monoisotopic (exact) mass is 778 g/mol. The van der Waals surface area contributed by atoms with Crippen LogP contribution in [0.4, 0.5) is 0 Å². The highest BCUT2D eigenvalue weighted by Gasteiger charge is 2.54. The second-order valence-electron chi connectivity index (χ2n) is 22.4. The first-order valence-corrected chi connectivity index (χ1v) is 26.0. The highest BCUT2D eigenvalue weighted by molar-refractivity contribution is 5.45. The molecule has 1 nitrogen and oxygen atoms in total. The summed E-state index contributed by atoms with van der Waals surface area (Å²) in [6, 6.07) is 1.50. The van der Waals surface area contributed by atoms with Crippen LogP contribution >= 0.6 is 0 Å². The number of likely N-dealkylation sites (tertiary alicyclic amines) is 1. The SMILES string of the molecule is C1=CC(C2=CC(CC3C4CCC(C5CCCC(C6CCC7C(C6)[C@H]6C=CCCC6N7C6=CC=C(C7=CCCCC7)C=CC6)C5)CC4C4CCCC[C@H]43)CC=C2)CCC1. The van der Waals surface area contributed by atoms with E-state index in [1.165, 1.54) is 115 Å². The molecule has 0 bridgehead atoms. The van der Waals surface area contributed by atoms with Crippen LogP contribution in [0, 0.1) is 76.9 Å². The van der Waals surface area contributed by atoms with Crippen LogP contribution < -0.4 is 0 Å². The third-order valence-electron chi connectivity index (χ3n) is 19.7. The lowest BCUT2D eigenvalue weighted by atomic mass is 9.60. The smallest absolute Gasteiger partial charge is 0.0359 e. The molecule has 0 aromatic heterocycles. The molecule has 10 aliphatic carbocycles. The first-order valence-electron chi connectivity index (χ1n) is 26.0. The summed E-state index contributed by atoms with van der Waals surface area (Å²) in [4.78, 5) is 3.04. The topological polar surface area (TPSA) is 3.24 Å². The number of nitrogens with zero attached hydrogens (tertiary/aromatic N) is 1. The highest BCUT2D eigenvalue weighted by Crippen LogP contribution is 2.62. The molecule has 13 unspecified atom stereocenters. The fourth-order valence-corrected chi connectivity index (χ4v) is 17.2. The second kappa shape index (κ2) is 17.2. The second-order valence-corrected chi connectivity index (χ2v) is 22.4. The van der Waals surface area contributed by atoms with Gasteiger partial charge in [-0.1, -0.05) is 98.9 Å². The molecule has 1 saturated heterocycles. The molecule has 1 heterocycles. The Morgan fingerprint density at radius 3 is 2.24 bits per heavy atom. The van der Waals surface area contributed by atoms with Gasteiger partial charge in [-0.05, 0) is 216 Å². The normalized spacial score (nSPS) is 44.9. The van der Waals surface area contributed by atoms with Crippen molar-refractivity contribution >= 4 is 0 Å². The van der Waals surface area contributed by atoms with Crippen molar-refractivity contribution in [2.75, 3.05) is 0 Å². The molecule has 0 amide bonds. The fraction of sp³-hybridized carbons (Fsp3) is 0.719. The Balaban J connectivity index is 0.750. The first kappa shape index (κ1) is 38.6. The molecule has 0 aromatic rings. The number of allylic oxidation sites excluding steroid dienone is 14. The van der Waals surface area contributed by atoms with Crippen molar-refractivity contribution in [2.45, 2.75) is 179 Å². The molecular weight excluding hydrogens is 699 g/mol. The van der Waals surface area contributed by atoms with Crippen molar-refractivity contribution in [1.82, 2.24) is 4.90 Å². The third-order valence-corrected chi connectivity index (χ3v) is 19.7. The highest BCUT2D eigenvalue weighted by atomic mass is 15.2. The average Bonchev–Trinajstić information content (AvgIpc) is 3.66. The largest absolute Gasteiger partial charge is 0.368 e. The lowest BCUT2D eigenvalue weighted by molar-refractivity contribution is 0.0524. The minimum absolute atomic E-state index is 0.696. The van der Waals surface area contributed by atoms with Gasteiger partial charge < -0.3 is 4.90 Å². The first-order chi connectivity index (χ1) is 28.7. The third kappa shape index (κ3) is 7.54. The zero-order chi connectivity index (χ0) is 38.4. The van der Waals surface area contributed by atoms with E-state index in [2.05, 4.69) is 77.8 Å². The quantitative estimate of drug-likeness (QED) is 0.233. The molecule has 1 heteroatoms. The standard InChI is InChI=1S/C57H79N/c1-3-15-40(16-4-1)42-19-13-23-48(31-28-42)58-56-27-10-9-26-52(56)55-38-47(30-33-57(55)58)45-22-12-21-44(36-45)46-29-32-51-53(49-24-7-8-25-50(49)54(51)37-46)35-39-14-11-20-43(34-39)41-17-5-2-6-18-41/h5,9,11,13,15,17,19-20,26,28,31,34,39,41,44-47,49-57H,1-4,6-8,10,12,14,16,18,21-25,27,29-30,32-33,35-38H2/t39?,41?,44?,45?,46?,47?,49-,50?,51?,52-,53?,54?,55?,56?,57?/m1/s1. The van der Waals surface area contributed by atoms with Crippen LogP contribution in [0.5, 0.6) is 0 Å². The molecule has 0 radical (unpaired) electrons. The van der Waals surface area contributed by atoms with Crippen molar-refractivity contribution in [3.05, 3.63) is 95.3 Å². The van der Waals surface area contributed by atoms with Gasteiger partial charge in [-0.15, -0.1) is 0 Å². The zero-order valence-corrected chi connectivity index (χ0v) is 36.4. The van der Waals surface area contributed by atoms with Crippen molar-refractivity contribution < 1.29 is 0 Å². The van der Waals surface area contributed by atoms with Crippen molar-refractivity contribution in [2.24, 2.45) is 76.9 Å². The van der Waals surface area contributed by atoms with Gasteiger partial charge in [-0.2, -0.15) is 0 Å². The van der Waals surface area contributed by atoms with Crippen LogP contribution in [0.3, 0.4) is 0 Å². The maximum atomic E-state index is 3.04. The van der Waals surface area contributed by atoms with E-state index < -0.39 is 0 Å². The van der Waals surface area contributed by atoms with Gasteiger partial charge in [0.1, 0.15) is 0 Å². The van der Waals surface area contributed by atoms with E-state index in [1.807, 2.05) is 0 Å². The van der Waals surface area contributed by atoms with E-state index in [1.54, 1.807) is 68.2 Å². The van der Waals surface area contributed by atoms with Crippen LogP contribution in [0.15, 0.2) is 95.3 Å². The van der Waals surface area contributed by atoms with Gasteiger partial charge in [0.15, 0.2) is 0 Å². The summed E-state index contributed by atoms with van der Waals surface area (Å²) < 4.78 is 0. The van der Waals surface area contributed by atoms with Gasteiger partial charge in [-0.25, -0.2) is 0 Å². The van der Waals surface area contributed by atoms with E-state index in [9.17, 15) is 0 Å². The molecule has 0 N–H and O–H groups in total. The van der Waals surface area contributed by atoms with Gasteiger partial charge in [0.25, 0.3) is 0 Å². The van der Waals surface area contributed by atoms with Crippen LogP contribution in [0.2, 0.25) is 0 Å². The molecule has 0 aromatic carbocycles. The summed E-state index contributed by atoms with van der Waals surface area (Å²) in [7, 11) is 0. The average molecular weight is 778 g/mol. The van der Waals surface area contributed by atoms with Crippen LogP contribution in [0.1, 0.15) is 167 Å². The molecule has 58 heavy (non-hydrogen) atoms. The van der Waals surface area contributed by atoms with Gasteiger partial charge >= 0.3 is 0 Å². The number of hydrogen-bond acceptors (Lipinski definition) is 1. The Bertz CT molecular complexity index is 1730. The number of rotatable bonds is 7. The summed E-state index contributed by atoms with van der Waals surface area (Å²) in [5.74, 6) is 12.4. The molecule has 312 valence electrons. The van der Waals surface area contributed by atoms with Crippen molar-refractivity contribution in [3.8, 4) is 0 Å². The Hall–Kier alpha value is -2.28. The lowest BCUT2D eigenvalue weighted by Crippen LogP contribution is -2.41. The predicted octanol–water partition coefficient (Wildman–Crippen LogP) is 15.2. The molecular formula is C57H79N. The van der Waals surface area contributed by atoms with Gasteiger partial charge in [0.2, 0.25) is 0 Å². The van der Waals surface area contributed by atoms with Crippen molar-refractivity contribution in [1.29, 1.82) is 0 Å². The van der Waals surface area contributed by atoms with E-state index in [0.29, 0.717) is 5.92 Å². The number of fused-ring (bicyclic) bond motifs is 6. The fourth-order valence-electron chi connectivity index (χ4n) is 17.2. The molecule has 11 aliphatic rings. The van der Waals surface area contributed by atoms with Crippen LogP contribution in [-0.4, -0.2) is 17.0 Å². The minimum Gasteiger partial charge on any atom is -0.368 e. The van der Waals surface area contributed by atoms with E-state index in [0.717, 1.165) is 89.5 Å². The Kier molecular flexibility index (Phi) is 11.5. The molecule has 1 aliphatic heterocycles. The summed E-state index contributed by atoms with van der Waals surface area (Å²) in [6.07, 6.45) is 68.3. The molecule has 5 saturated carbocycles. The molecule has 6 fully saturated rings. The molecule has 11 rings (SSSR count). The van der Waals surface area contributed by atoms with E-state index >= 15 is 0 Å². The lowest BCUT2D eigenvalue weighted by Gasteiger charge is -2.46. The van der Waals surface area contributed by atoms with Gasteiger partial charge in [0, 0.05) is 36.0 Å². The van der Waals surface area contributed by atoms with Gasteiger partial charge in [-0.3, -0.25) is 0 Å². The van der Waals surface area contributed by atoms with Crippen LogP contribution in [-0.2, 0) is 0 Å². The van der Waals surface area contributed by atoms with Crippen molar-refractivity contribution in [3.63, 3.8) is 0 Å². The Morgan fingerprint density at radius 2 is 1.38 bits per heavy atom. The van der Waals surface area contributed by atoms with Gasteiger partial charge in [0.05, 0.1) is 0 Å². The Morgan fingerprint density at radius 1 is 0.552 bits per heavy atom. The molecule has 0 spiro atoms. The maximum Gasteiger partial charge on any atom is 0.0359 e. The summed E-state index contributed by atoms with van der Waals surface area (Å²) >= 11 is 0. The molecule has 15 atom stereocenters. The zero-order valence-electron chi connectivity index (χ0n) is 36.4.